The molecule has 0 aliphatic heterocycles. The van der Waals surface area contributed by atoms with Gasteiger partial charge < -0.3 is 15.5 Å². The fraction of sp³-hybridized carbons (Fsp3) is 0.770. The lowest BCUT2D eigenvalue weighted by Crippen LogP contribution is -2.45. The molecule has 3 N–H and O–H groups in total. The molecule has 452 valence electrons. The Kier molecular flexibility index (Phi) is 66.2. The van der Waals surface area contributed by atoms with Crippen LogP contribution in [-0.2, 0) is 4.79 Å². The van der Waals surface area contributed by atoms with E-state index in [1.807, 2.05) is 6.08 Å². The SMILES string of the molecule is CC/C=C\C/C=C\C/C=C\C/C=C\C/C=C\C/C=C\C/C=C\CCCCCCCCCCCCCCCCCCCC(=O)NC(CO)C(O)/C=C/CCCCCCCCCCCCCCCCCCCCCCCCCCC. The lowest BCUT2D eigenvalue weighted by Gasteiger charge is -2.20. The molecule has 0 saturated carbocycles. The van der Waals surface area contributed by atoms with E-state index < -0.39 is 12.1 Å². The van der Waals surface area contributed by atoms with Gasteiger partial charge in [-0.3, -0.25) is 4.79 Å². The third-order valence-corrected chi connectivity index (χ3v) is 15.6. The number of unbranched alkanes of at least 4 members (excludes halogenated alkanes) is 42. The van der Waals surface area contributed by atoms with E-state index in [9.17, 15) is 15.0 Å². The average Bonchev–Trinajstić information content (AvgIpc) is 3.44. The van der Waals surface area contributed by atoms with Crippen molar-refractivity contribution in [3.05, 3.63) is 97.2 Å². The van der Waals surface area contributed by atoms with Crippen LogP contribution in [0, 0.1) is 0 Å². The number of carbonyl (C=O) groups excluding carboxylic acids is 1. The summed E-state index contributed by atoms with van der Waals surface area (Å²) >= 11 is 0. The van der Waals surface area contributed by atoms with E-state index in [0.717, 1.165) is 70.6 Å². The van der Waals surface area contributed by atoms with E-state index in [1.54, 1.807) is 6.08 Å². The van der Waals surface area contributed by atoms with Gasteiger partial charge in [0.1, 0.15) is 0 Å². The molecule has 0 aromatic carbocycles. The number of rotatable bonds is 63. The first-order valence-electron chi connectivity index (χ1n) is 34.5. The van der Waals surface area contributed by atoms with Gasteiger partial charge in [0.15, 0.2) is 0 Å². The fourth-order valence-corrected chi connectivity index (χ4v) is 10.4. The van der Waals surface area contributed by atoms with Gasteiger partial charge in [-0.25, -0.2) is 0 Å². The molecule has 0 fully saturated rings. The number of carbonyl (C=O) groups is 1. The number of allylic oxidation sites excluding steroid dienone is 15. The van der Waals surface area contributed by atoms with Gasteiger partial charge in [-0.1, -0.05) is 361 Å². The van der Waals surface area contributed by atoms with Crippen molar-refractivity contribution in [3.8, 4) is 0 Å². The van der Waals surface area contributed by atoms with Gasteiger partial charge in [0.05, 0.1) is 18.8 Å². The van der Waals surface area contributed by atoms with Gasteiger partial charge in [0.25, 0.3) is 0 Å². The molecule has 4 nitrogen and oxygen atoms in total. The number of aliphatic hydroxyl groups is 2. The molecule has 0 aliphatic rings. The predicted octanol–water partition coefficient (Wildman–Crippen LogP) is 23.6. The first kappa shape index (κ1) is 75.3. The Morgan fingerprint density at radius 2 is 0.564 bits per heavy atom. The number of hydrogen-bond donors (Lipinski definition) is 3. The standard InChI is InChI=1S/C74H133NO3/c1-3-5-7-9-11-13-15-17-19-21-23-25-27-29-31-32-33-34-35-36-37-38-39-40-41-42-44-46-48-50-52-54-56-58-60-62-64-66-68-70-74(78)75-72(71-76)73(77)69-67-65-63-61-59-57-55-53-51-49-47-45-43-30-28-26-24-22-20-18-16-14-12-10-8-6-4-2/h5,7,11,13,17,19,23,25,29,31,33-34,36-37,67,69,72-73,76-77H,3-4,6,8-10,12,14-16,18,20-22,24,26-28,30,32,35,38-66,68,70-71H2,1-2H3,(H,75,78)/b7-5-,13-11-,19-17-,25-23-,31-29-,34-33-,37-36-,69-67+. The third kappa shape index (κ3) is 64.1. The highest BCUT2D eigenvalue weighted by molar-refractivity contribution is 5.76. The Balaban J connectivity index is 3.48. The molecule has 0 bridgehead atoms. The molecule has 0 aliphatic carbocycles. The lowest BCUT2D eigenvalue weighted by molar-refractivity contribution is -0.123. The number of amides is 1. The molecule has 1 amide bonds. The summed E-state index contributed by atoms with van der Waals surface area (Å²) < 4.78 is 0. The highest BCUT2D eigenvalue weighted by Crippen LogP contribution is 2.18. The monoisotopic (exact) mass is 1080 g/mol. The van der Waals surface area contributed by atoms with Crippen molar-refractivity contribution in [3.63, 3.8) is 0 Å². The van der Waals surface area contributed by atoms with Gasteiger partial charge in [-0.05, 0) is 77.0 Å². The van der Waals surface area contributed by atoms with Crippen molar-refractivity contribution < 1.29 is 15.0 Å². The molecular weight excluding hydrogens is 951 g/mol. The van der Waals surface area contributed by atoms with E-state index in [2.05, 4.69) is 104 Å². The van der Waals surface area contributed by atoms with Crippen LogP contribution in [0.1, 0.15) is 348 Å². The zero-order chi connectivity index (χ0) is 56.2. The molecule has 4 heteroatoms. The first-order valence-corrected chi connectivity index (χ1v) is 34.5. The van der Waals surface area contributed by atoms with Gasteiger partial charge in [-0.2, -0.15) is 0 Å². The molecule has 0 spiro atoms. The normalized spacial score (nSPS) is 13.3. The van der Waals surface area contributed by atoms with Crippen molar-refractivity contribution in [1.29, 1.82) is 0 Å². The Bertz CT molecular complexity index is 1420. The van der Waals surface area contributed by atoms with Crippen LogP contribution >= 0.6 is 0 Å². The second-order valence-electron chi connectivity index (χ2n) is 23.2. The Labute approximate surface area is 487 Å². The summed E-state index contributed by atoms with van der Waals surface area (Å²) in [4.78, 5) is 12.5. The summed E-state index contributed by atoms with van der Waals surface area (Å²) in [6.07, 6.45) is 102. The Morgan fingerprint density at radius 1 is 0.321 bits per heavy atom. The van der Waals surface area contributed by atoms with Crippen LogP contribution in [0.25, 0.3) is 0 Å². The maximum absolute atomic E-state index is 12.5. The second kappa shape index (κ2) is 68.6. The van der Waals surface area contributed by atoms with E-state index in [-0.39, 0.29) is 12.5 Å². The highest BCUT2D eigenvalue weighted by atomic mass is 16.3. The van der Waals surface area contributed by atoms with Crippen molar-refractivity contribution in [2.45, 2.75) is 360 Å². The number of aliphatic hydroxyl groups excluding tert-OH is 2. The molecule has 0 aromatic rings. The minimum atomic E-state index is -0.844. The summed E-state index contributed by atoms with van der Waals surface area (Å²) in [5.74, 6) is -0.0610. The quantitative estimate of drug-likeness (QED) is 0.0420. The molecule has 78 heavy (non-hydrogen) atoms. The van der Waals surface area contributed by atoms with Crippen LogP contribution in [0.15, 0.2) is 97.2 Å². The third-order valence-electron chi connectivity index (χ3n) is 15.6. The van der Waals surface area contributed by atoms with Crippen LogP contribution in [-0.4, -0.2) is 34.9 Å². The summed E-state index contributed by atoms with van der Waals surface area (Å²) in [5.41, 5.74) is 0. The Morgan fingerprint density at radius 3 is 0.846 bits per heavy atom. The summed E-state index contributed by atoms with van der Waals surface area (Å²) in [7, 11) is 0. The van der Waals surface area contributed by atoms with Gasteiger partial charge in [0.2, 0.25) is 5.91 Å². The van der Waals surface area contributed by atoms with Crippen LogP contribution in [0.2, 0.25) is 0 Å². The maximum atomic E-state index is 12.5. The zero-order valence-electron chi connectivity index (χ0n) is 52.2. The first-order chi connectivity index (χ1) is 38.7. The molecule has 2 atom stereocenters. The molecular formula is C74H133NO3. The molecule has 0 rings (SSSR count). The van der Waals surface area contributed by atoms with Crippen LogP contribution in [0.3, 0.4) is 0 Å². The van der Waals surface area contributed by atoms with Gasteiger partial charge in [0, 0.05) is 6.42 Å². The predicted molar refractivity (Wildman–Crippen MR) is 350 cm³/mol. The van der Waals surface area contributed by atoms with E-state index in [4.69, 9.17) is 0 Å². The molecule has 0 radical (unpaired) electrons. The van der Waals surface area contributed by atoms with Crippen molar-refractivity contribution in [2.24, 2.45) is 0 Å². The second-order valence-corrected chi connectivity index (χ2v) is 23.2. The van der Waals surface area contributed by atoms with E-state index >= 15 is 0 Å². The topological polar surface area (TPSA) is 69.6 Å². The largest absolute Gasteiger partial charge is 0.394 e. The molecule has 0 saturated heterocycles. The van der Waals surface area contributed by atoms with Gasteiger partial charge >= 0.3 is 0 Å². The van der Waals surface area contributed by atoms with Crippen molar-refractivity contribution >= 4 is 5.91 Å². The molecule has 0 aromatic heterocycles. The van der Waals surface area contributed by atoms with E-state index in [0.29, 0.717) is 6.42 Å². The zero-order valence-corrected chi connectivity index (χ0v) is 52.2. The summed E-state index contributed by atoms with van der Waals surface area (Å²) in [6.45, 7) is 4.22. The minimum Gasteiger partial charge on any atom is -0.394 e. The van der Waals surface area contributed by atoms with Crippen LogP contribution < -0.4 is 5.32 Å². The maximum Gasteiger partial charge on any atom is 0.220 e. The van der Waals surface area contributed by atoms with Gasteiger partial charge in [-0.15, -0.1) is 0 Å². The Hall–Kier alpha value is -2.69. The highest BCUT2D eigenvalue weighted by Gasteiger charge is 2.18. The summed E-state index contributed by atoms with van der Waals surface area (Å²) in [6, 6.07) is -0.627. The number of nitrogens with one attached hydrogen (secondary N) is 1. The average molecular weight is 1080 g/mol. The lowest BCUT2D eigenvalue weighted by atomic mass is 10.0. The van der Waals surface area contributed by atoms with Crippen LogP contribution in [0.4, 0.5) is 0 Å². The van der Waals surface area contributed by atoms with Crippen molar-refractivity contribution in [2.75, 3.05) is 6.61 Å². The number of hydrogen-bond acceptors (Lipinski definition) is 3. The van der Waals surface area contributed by atoms with Crippen LogP contribution in [0.5, 0.6) is 0 Å². The van der Waals surface area contributed by atoms with Crippen molar-refractivity contribution in [1.82, 2.24) is 5.32 Å². The minimum absolute atomic E-state index is 0.0610. The fourth-order valence-electron chi connectivity index (χ4n) is 10.4. The van der Waals surface area contributed by atoms with E-state index in [1.165, 1.54) is 257 Å². The molecule has 0 heterocycles. The molecule has 2 unspecified atom stereocenters. The smallest absolute Gasteiger partial charge is 0.220 e. The summed E-state index contributed by atoms with van der Waals surface area (Å²) in [5, 5.41) is 23.3.